The van der Waals surface area contributed by atoms with Crippen LogP contribution in [0.25, 0.3) is 5.76 Å². The number of aromatic nitrogens is 1. The number of rotatable bonds is 5. The number of alkyl halides is 3. The van der Waals surface area contributed by atoms with Crippen LogP contribution in [0.3, 0.4) is 0 Å². The molecule has 0 spiro atoms. The van der Waals surface area contributed by atoms with E-state index in [4.69, 9.17) is 14.2 Å². The Hall–Kier alpha value is -3.31. The summed E-state index contributed by atoms with van der Waals surface area (Å²) in [6.45, 7) is 13.8. The molecule has 0 N–H and O–H groups in total. The predicted molar refractivity (Wildman–Crippen MR) is 116 cm³/mol. The molecule has 34 heavy (non-hydrogen) atoms. The molecule has 0 aliphatic heterocycles. The Labute approximate surface area is 195 Å². The first-order chi connectivity index (χ1) is 15.3. The lowest BCUT2D eigenvalue weighted by Crippen LogP contribution is -2.44. The standard InChI is InChI=1S/C22H29F3N2O7/c1-10-32-12(2)15-13(22(23,24)25)11-14(16(26-15)17(28)31-9)27(18(29)33-20(3,4)5)19(30)34-21(6,7)8/h11H,2,10H2,1,3-9H3. The van der Waals surface area contributed by atoms with Gasteiger partial charge in [-0.15, -0.1) is 0 Å². The number of anilines is 1. The number of hydrogen-bond donors (Lipinski definition) is 0. The van der Waals surface area contributed by atoms with Gasteiger partial charge in [-0.05, 0) is 54.5 Å². The fourth-order valence-corrected chi connectivity index (χ4v) is 2.48. The highest BCUT2D eigenvalue weighted by molar-refractivity contribution is 6.13. The van der Waals surface area contributed by atoms with E-state index in [2.05, 4.69) is 16.3 Å². The smallest absolute Gasteiger partial charge is 0.424 e. The van der Waals surface area contributed by atoms with Crippen LogP contribution in [-0.2, 0) is 25.1 Å². The molecule has 0 aliphatic carbocycles. The molecular weight excluding hydrogens is 461 g/mol. The van der Waals surface area contributed by atoms with E-state index in [1.54, 1.807) is 0 Å². The molecule has 1 aromatic rings. The summed E-state index contributed by atoms with van der Waals surface area (Å²) in [6, 6.07) is 0.395. The largest absolute Gasteiger partial charge is 0.492 e. The van der Waals surface area contributed by atoms with E-state index in [0.717, 1.165) is 7.11 Å². The number of esters is 1. The zero-order chi connectivity index (χ0) is 26.6. The van der Waals surface area contributed by atoms with Gasteiger partial charge in [-0.1, -0.05) is 6.58 Å². The summed E-state index contributed by atoms with van der Waals surface area (Å²) in [4.78, 5) is 42.2. The van der Waals surface area contributed by atoms with Crippen LogP contribution in [0.5, 0.6) is 0 Å². The van der Waals surface area contributed by atoms with Gasteiger partial charge in [0.05, 0.1) is 25.0 Å². The molecule has 0 saturated carbocycles. The van der Waals surface area contributed by atoms with Gasteiger partial charge >= 0.3 is 24.3 Å². The summed E-state index contributed by atoms with van der Waals surface area (Å²) in [6.07, 6.45) is -7.81. The molecule has 0 unspecified atom stereocenters. The summed E-state index contributed by atoms with van der Waals surface area (Å²) in [7, 11) is 0.952. The summed E-state index contributed by atoms with van der Waals surface area (Å²) < 4.78 is 61.9. The van der Waals surface area contributed by atoms with Gasteiger partial charge in [-0.3, -0.25) is 0 Å². The van der Waals surface area contributed by atoms with Crippen molar-refractivity contribution in [2.45, 2.75) is 65.8 Å². The third-order valence-corrected chi connectivity index (χ3v) is 3.66. The van der Waals surface area contributed by atoms with Crippen LogP contribution in [-0.4, -0.2) is 48.1 Å². The van der Waals surface area contributed by atoms with Crippen LogP contribution < -0.4 is 4.90 Å². The summed E-state index contributed by atoms with van der Waals surface area (Å²) >= 11 is 0. The average Bonchev–Trinajstić information content (AvgIpc) is 2.63. The van der Waals surface area contributed by atoms with E-state index in [9.17, 15) is 27.6 Å². The zero-order valence-corrected chi connectivity index (χ0v) is 20.4. The molecule has 0 saturated heterocycles. The number of methoxy groups -OCH3 is 1. The lowest BCUT2D eigenvalue weighted by molar-refractivity contribution is -0.138. The van der Waals surface area contributed by atoms with Gasteiger partial charge in [0.1, 0.15) is 22.7 Å². The van der Waals surface area contributed by atoms with Gasteiger partial charge in [0.2, 0.25) is 0 Å². The number of nitrogens with zero attached hydrogens (tertiary/aromatic N) is 2. The monoisotopic (exact) mass is 490 g/mol. The normalized spacial score (nSPS) is 12.0. The van der Waals surface area contributed by atoms with Gasteiger partial charge in [0.25, 0.3) is 0 Å². The van der Waals surface area contributed by atoms with E-state index in [1.165, 1.54) is 48.5 Å². The van der Waals surface area contributed by atoms with E-state index in [1.807, 2.05) is 0 Å². The Kier molecular flexibility index (Phi) is 8.71. The Morgan fingerprint density at radius 3 is 1.79 bits per heavy atom. The van der Waals surface area contributed by atoms with Crippen molar-refractivity contribution >= 4 is 29.6 Å². The first kappa shape index (κ1) is 28.7. The number of amides is 2. The van der Waals surface area contributed by atoms with Gasteiger partial charge in [0, 0.05) is 0 Å². The number of pyridine rings is 1. The maximum Gasteiger partial charge on any atom is 0.424 e. The quantitative estimate of drug-likeness (QED) is 0.300. The number of ether oxygens (including phenoxy) is 4. The molecule has 0 bridgehead atoms. The van der Waals surface area contributed by atoms with Crippen molar-refractivity contribution in [3.05, 3.63) is 29.6 Å². The number of imide groups is 1. The maximum atomic E-state index is 13.9. The molecule has 1 rings (SSSR count). The second-order valence-electron chi connectivity index (χ2n) is 8.89. The Balaban J connectivity index is 4.00. The van der Waals surface area contributed by atoms with Crippen LogP contribution in [0.2, 0.25) is 0 Å². The van der Waals surface area contributed by atoms with Crippen molar-refractivity contribution in [3.63, 3.8) is 0 Å². The van der Waals surface area contributed by atoms with Gasteiger partial charge in [-0.2, -0.15) is 18.1 Å². The zero-order valence-electron chi connectivity index (χ0n) is 20.4. The Morgan fingerprint density at radius 1 is 0.971 bits per heavy atom. The van der Waals surface area contributed by atoms with E-state index < -0.39 is 63.9 Å². The molecule has 2 amide bonds. The highest BCUT2D eigenvalue weighted by Gasteiger charge is 2.41. The van der Waals surface area contributed by atoms with Gasteiger partial charge in [0.15, 0.2) is 5.69 Å². The summed E-state index contributed by atoms with van der Waals surface area (Å²) in [5.74, 6) is -1.71. The number of halogens is 3. The third-order valence-electron chi connectivity index (χ3n) is 3.66. The number of hydrogen-bond acceptors (Lipinski definition) is 8. The number of carbonyl (C=O) groups is 3. The molecule has 0 atom stereocenters. The lowest BCUT2D eigenvalue weighted by atomic mass is 10.1. The lowest BCUT2D eigenvalue weighted by Gasteiger charge is -2.29. The fraction of sp³-hybridized carbons (Fsp3) is 0.545. The van der Waals surface area contributed by atoms with Crippen LogP contribution >= 0.6 is 0 Å². The second-order valence-corrected chi connectivity index (χ2v) is 8.89. The summed E-state index contributed by atoms with van der Waals surface area (Å²) in [5, 5.41) is 0. The molecule has 0 fully saturated rings. The minimum atomic E-state index is -5.03. The fourth-order valence-electron chi connectivity index (χ4n) is 2.48. The highest BCUT2D eigenvalue weighted by atomic mass is 19.4. The molecule has 9 nitrogen and oxygen atoms in total. The average molecular weight is 490 g/mol. The Morgan fingerprint density at radius 2 is 1.44 bits per heavy atom. The van der Waals surface area contributed by atoms with Crippen LogP contribution in [0.1, 0.15) is 70.2 Å². The molecule has 190 valence electrons. The van der Waals surface area contributed by atoms with Gasteiger partial charge in [-0.25, -0.2) is 19.4 Å². The number of carbonyl (C=O) groups excluding carboxylic acids is 3. The van der Waals surface area contributed by atoms with Crippen molar-refractivity contribution in [2.24, 2.45) is 0 Å². The molecule has 12 heteroatoms. The van der Waals surface area contributed by atoms with Crippen molar-refractivity contribution in [1.29, 1.82) is 0 Å². The SMILES string of the molecule is C=C(OCC)c1nc(C(=O)OC)c(N(C(=O)OC(C)(C)C)C(=O)OC(C)(C)C)cc1C(F)(F)F. The molecule has 0 radical (unpaired) electrons. The van der Waals surface area contributed by atoms with Crippen LogP contribution in [0, 0.1) is 0 Å². The molecule has 1 heterocycles. The van der Waals surface area contributed by atoms with Crippen LogP contribution in [0.4, 0.5) is 28.4 Å². The minimum Gasteiger partial charge on any atom is -0.492 e. The molecular formula is C22H29F3N2O7. The molecule has 0 aliphatic rings. The molecule has 1 aromatic heterocycles. The molecule has 0 aromatic carbocycles. The second kappa shape index (κ2) is 10.3. The van der Waals surface area contributed by atoms with E-state index in [0.29, 0.717) is 6.07 Å². The van der Waals surface area contributed by atoms with Gasteiger partial charge < -0.3 is 18.9 Å². The van der Waals surface area contributed by atoms with Crippen molar-refractivity contribution in [1.82, 2.24) is 4.98 Å². The first-order valence-corrected chi connectivity index (χ1v) is 10.1. The predicted octanol–water partition coefficient (Wildman–Crippen LogP) is 5.57. The van der Waals surface area contributed by atoms with Crippen molar-refractivity contribution in [2.75, 3.05) is 18.6 Å². The first-order valence-electron chi connectivity index (χ1n) is 10.1. The maximum absolute atomic E-state index is 13.9. The topological polar surface area (TPSA) is 104 Å². The third kappa shape index (κ3) is 7.63. The van der Waals surface area contributed by atoms with E-state index >= 15 is 0 Å². The van der Waals surface area contributed by atoms with Crippen molar-refractivity contribution in [3.8, 4) is 0 Å². The van der Waals surface area contributed by atoms with Crippen molar-refractivity contribution < 1.29 is 46.5 Å². The summed E-state index contributed by atoms with van der Waals surface area (Å²) in [5.41, 5.74) is -6.16. The minimum absolute atomic E-state index is 0.0327. The Bertz CT molecular complexity index is 933. The van der Waals surface area contributed by atoms with E-state index in [-0.39, 0.29) is 11.5 Å². The van der Waals surface area contributed by atoms with Crippen LogP contribution in [0.15, 0.2) is 12.6 Å². The highest BCUT2D eigenvalue weighted by Crippen LogP contribution is 2.38.